The van der Waals surface area contributed by atoms with E-state index in [1.54, 1.807) is 30.3 Å². The number of ketones is 1. The lowest BCUT2D eigenvalue weighted by atomic mass is 9.99. The first-order valence-electron chi connectivity index (χ1n) is 5.25. The van der Waals surface area contributed by atoms with Gasteiger partial charge in [-0.05, 0) is 30.7 Å². The van der Waals surface area contributed by atoms with Crippen molar-refractivity contribution >= 4 is 23.1 Å². The van der Waals surface area contributed by atoms with Crippen LogP contribution in [-0.2, 0) is 0 Å². The summed E-state index contributed by atoms with van der Waals surface area (Å²) in [6, 6.07) is 12.4. The van der Waals surface area contributed by atoms with E-state index < -0.39 is 0 Å². The predicted molar refractivity (Wildman–Crippen MR) is 70.5 cm³/mol. The maximum Gasteiger partial charge on any atom is 0.196 e. The number of anilines is 1. The Morgan fingerprint density at radius 3 is 2.41 bits per heavy atom. The Hall–Kier alpha value is -1.80. The van der Waals surface area contributed by atoms with Crippen LogP contribution in [0.2, 0.25) is 5.02 Å². The Morgan fingerprint density at radius 2 is 1.71 bits per heavy atom. The van der Waals surface area contributed by atoms with E-state index in [2.05, 4.69) is 0 Å². The van der Waals surface area contributed by atoms with Crippen molar-refractivity contribution in [3.63, 3.8) is 0 Å². The molecule has 0 unspecified atom stereocenters. The summed E-state index contributed by atoms with van der Waals surface area (Å²) in [5.41, 5.74) is 8.29. The van der Waals surface area contributed by atoms with Gasteiger partial charge in [-0.1, -0.05) is 35.9 Å². The molecule has 0 bridgehead atoms. The predicted octanol–water partition coefficient (Wildman–Crippen LogP) is 3.46. The van der Waals surface area contributed by atoms with Crippen LogP contribution in [-0.4, -0.2) is 5.78 Å². The molecule has 17 heavy (non-hydrogen) atoms. The molecule has 2 aromatic carbocycles. The topological polar surface area (TPSA) is 43.1 Å². The molecule has 0 fully saturated rings. The van der Waals surface area contributed by atoms with E-state index in [4.69, 9.17) is 17.3 Å². The molecule has 0 aliphatic carbocycles. The first-order chi connectivity index (χ1) is 8.11. The van der Waals surface area contributed by atoms with E-state index in [0.717, 1.165) is 5.56 Å². The monoisotopic (exact) mass is 245 g/mol. The maximum absolute atomic E-state index is 12.3. The number of hydrogen-bond acceptors (Lipinski definition) is 2. The van der Waals surface area contributed by atoms with E-state index in [-0.39, 0.29) is 5.78 Å². The second-order valence-electron chi connectivity index (χ2n) is 3.85. The highest BCUT2D eigenvalue weighted by atomic mass is 35.5. The van der Waals surface area contributed by atoms with Crippen molar-refractivity contribution in [2.75, 3.05) is 5.73 Å². The van der Waals surface area contributed by atoms with E-state index in [1.807, 2.05) is 19.1 Å². The number of aryl methyl sites for hydroxylation is 1. The fourth-order valence-electron chi connectivity index (χ4n) is 1.67. The van der Waals surface area contributed by atoms with Crippen LogP contribution >= 0.6 is 11.6 Å². The lowest BCUT2D eigenvalue weighted by molar-refractivity contribution is 0.103. The molecule has 0 aliphatic rings. The lowest BCUT2D eigenvalue weighted by Crippen LogP contribution is -2.07. The molecule has 2 aromatic rings. The number of para-hydroxylation sites is 1. The number of rotatable bonds is 2. The van der Waals surface area contributed by atoms with E-state index in [0.29, 0.717) is 21.8 Å². The zero-order valence-electron chi connectivity index (χ0n) is 9.41. The smallest absolute Gasteiger partial charge is 0.196 e. The number of nitrogen functional groups attached to an aromatic ring is 1. The third kappa shape index (κ3) is 2.17. The van der Waals surface area contributed by atoms with Crippen LogP contribution in [0.3, 0.4) is 0 Å². The Balaban J connectivity index is 2.52. The largest absolute Gasteiger partial charge is 0.398 e. The van der Waals surface area contributed by atoms with Crippen LogP contribution in [0.4, 0.5) is 5.69 Å². The molecule has 0 amide bonds. The third-order valence-corrected chi connectivity index (χ3v) is 3.02. The van der Waals surface area contributed by atoms with Crippen LogP contribution in [0.25, 0.3) is 0 Å². The van der Waals surface area contributed by atoms with Gasteiger partial charge in [0, 0.05) is 16.8 Å². The van der Waals surface area contributed by atoms with Crippen molar-refractivity contribution in [1.29, 1.82) is 0 Å². The molecule has 0 aliphatic heterocycles. The molecule has 2 rings (SSSR count). The van der Waals surface area contributed by atoms with Crippen LogP contribution in [0.5, 0.6) is 0 Å². The molecule has 0 aromatic heterocycles. The average molecular weight is 246 g/mol. The van der Waals surface area contributed by atoms with Crippen molar-refractivity contribution in [2.24, 2.45) is 0 Å². The van der Waals surface area contributed by atoms with E-state index >= 15 is 0 Å². The minimum atomic E-state index is -0.142. The van der Waals surface area contributed by atoms with Crippen LogP contribution < -0.4 is 5.73 Å². The van der Waals surface area contributed by atoms with Gasteiger partial charge in [-0.3, -0.25) is 4.79 Å². The van der Waals surface area contributed by atoms with Crippen molar-refractivity contribution in [3.8, 4) is 0 Å². The number of hydrogen-bond donors (Lipinski definition) is 1. The van der Waals surface area contributed by atoms with Crippen LogP contribution in [0.15, 0.2) is 42.5 Å². The summed E-state index contributed by atoms with van der Waals surface area (Å²) >= 11 is 6.00. The fourth-order valence-corrected chi connectivity index (χ4v) is 1.89. The van der Waals surface area contributed by atoms with Gasteiger partial charge >= 0.3 is 0 Å². The standard InChI is InChI=1S/C14H12ClNO/c1-9-5-4-7-11(13(9)16)14(17)10-6-2-3-8-12(10)15/h2-8H,16H2,1H3. The molecule has 0 saturated heterocycles. The third-order valence-electron chi connectivity index (χ3n) is 2.69. The van der Waals surface area contributed by atoms with Gasteiger partial charge in [-0.15, -0.1) is 0 Å². The minimum Gasteiger partial charge on any atom is -0.398 e. The summed E-state index contributed by atoms with van der Waals surface area (Å²) in [5.74, 6) is -0.142. The molecule has 3 heteroatoms. The van der Waals surface area contributed by atoms with Crippen LogP contribution in [0.1, 0.15) is 21.5 Å². The van der Waals surface area contributed by atoms with Crippen LogP contribution in [0, 0.1) is 6.92 Å². The number of carbonyl (C=O) groups is 1. The normalized spacial score (nSPS) is 10.2. The second-order valence-corrected chi connectivity index (χ2v) is 4.25. The Bertz CT molecular complexity index is 578. The van der Waals surface area contributed by atoms with Gasteiger partial charge in [0.25, 0.3) is 0 Å². The summed E-state index contributed by atoms with van der Waals surface area (Å²) < 4.78 is 0. The highest BCUT2D eigenvalue weighted by Crippen LogP contribution is 2.23. The molecule has 0 atom stereocenters. The molecule has 2 nitrogen and oxygen atoms in total. The average Bonchev–Trinajstić information content (AvgIpc) is 2.32. The molecular formula is C14H12ClNO. The SMILES string of the molecule is Cc1cccc(C(=O)c2ccccc2Cl)c1N. The van der Waals surface area contributed by atoms with Gasteiger partial charge in [-0.25, -0.2) is 0 Å². The highest BCUT2D eigenvalue weighted by molar-refractivity contribution is 6.35. The van der Waals surface area contributed by atoms with E-state index in [1.165, 1.54) is 0 Å². The lowest BCUT2D eigenvalue weighted by Gasteiger charge is -2.08. The first kappa shape index (κ1) is 11.7. The number of nitrogens with two attached hydrogens (primary N) is 1. The summed E-state index contributed by atoms with van der Waals surface area (Å²) in [6.07, 6.45) is 0. The van der Waals surface area contributed by atoms with Gasteiger partial charge < -0.3 is 5.73 Å². The minimum absolute atomic E-state index is 0.142. The Labute approximate surface area is 105 Å². The quantitative estimate of drug-likeness (QED) is 0.650. The van der Waals surface area contributed by atoms with Gasteiger partial charge in [0.15, 0.2) is 5.78 Å². The zero-order chi connectivity index (χ0) is 12.4. The second kappa shape index (κ2) is 4.60. The van der Waals surface area contributed by atoms with E-state index in [9.17, 15) is 4.79 Å². The van der Waals surface area contributed by atoms with Crippen molar-refractivity contribution < 1.29 is 4.79 Å². The molecule has 0 saturated carbocycles. The summed E-state index contributed by atoms with van der Waals surface area (Å²) in [7, 11) is 0. The molecule has 0 radical (unpaired) electrons. The summed E-state index contributed by atoms with van der Waals surface area (Å²) in [4.78, 5) is 12.3. The van der Waals surface area contributed by atoms with Crippen molar-refractivity contribution in [1.82, 2.24) is 0 Å². The summed E-state index contributed by atoms with van der Waals surface area (Å²) in [5, 5.41) is 0.443. The van der Waals surface area contributed by atoms with Crippen molar-refractivity contribution in [2.45, 2.75) is 6.92 Å². The molecule has 86 valence electrons. The highest BCUT2D eigenvalue weighted by Gasteiger charge is 2.15. The first-order valence-corrected chi connectivity index (χ1v) is 5.63. The van der Waals surface area contributed by atoms with Gasteiger partial charge in [-0.2, -0.15) is 0 Å². The fraction of sp³-hybridized carbons (Fsp3) is 0.0714. The summed E-state index contributed by atoms with van der Waals surface area (Å²) in [6.45, 7) is 1.87. The number of benzene rings is 2. The van der Waals surface area contributed by atoms with Crippen molar-refractivity contribution in [3.05, 3.63) is 64.2 Å². The molecular weight excluding hydrogens is 234 g/mol. The van der Waals surface area contributed by atoms with Gasteiger partial charge in [0.05, 0.1) is 5.02 Å². The maximum atomic E-state index is 12.3. The molecule has 2 N–H and O–H groups in total. The Kier molecular flexibility index (Phi) is 3.16. The van der Waals surface area contributed by atoms with Gasteiger partial charge in [0.1, 0.15) is 0 Å². The molecule has 0 spiro atoms. The molecule has 0 heterocycles. The number of carbonyl (C=O) groups excluding carboxylic acids is 1. The van der Waals surface area contributed by atoms with Gasteiger partial charge in [0.2, 0.25) is 0 Å². The number of halogens is 1. The zero-order valence-corrected chi connectivity index (χ0v) is 10.2. The Morgan fingerprint density at radius 1 is 1.06 bits per heavy atom.